The first-order valence-electron chi connectivity index (χ1n) is 8.77. The Kier molecular flexibility index (Phi) is 6.40. The standard InChI is InChI=1S/C17H22F2N2O6/c1-24-14-8-11(13(21(22)23)9-15(14)27-17(18)19)10-20-5-3-2-4-12(20)16-25-6-7-26-16/h8-9,12,16-17H,2-7,10H2,1H3. The van der Waals surface area contributed by atoms with Crippen LogP contribution in [0.15, 0.2) is 12.1 Å². The third-order valence-electron chi connectivity index (χ3n) is 4.78. The third-order valence-corrected chi connectivity index (χ3v) is 4.78. The van der Waals surface area contributed by atoms with Crippen LogP contribution in [0.25, 0.3) is 0 Å². The summed E-state index contributed by atoms with van der Waals surface area (Å²) in [6.07, 6.45) is 2.49. The minimum Gasteiger partial charge on any atom is -0.493 e. The van der Waals surface area contributed by atoms with Gasteiger partial charge in [0, 0.05) is 12.1 Å². The smallest absolute Gasteiger partial charge is 0.387 e. The summed E-state index contributed by atoms with van der Waals surface area (Å²) in [6.45, 7) is -1.05. The van der Waals surface area contributed by atoms with Gasteiger partial charge in [0.2, 0.25) is 0 Å². The van der Waals surface area contributed by atoms with Crippen molar-refractivity contribution in [1.82, 2.24) is 4.90 Å². The van der Waals surface area contributed by atoms with Crippen LogP contribution in [0, 0.1) is 10.1 Å². The van der Waals surface area contributed by atoms with Crippen molar-refractivity contribution in [3.05, 3.63) is 27.8 Å². The lowest BCUT2D eigenvalue weighted by atomic mass is 10.00. The number of alkyl halides is 2. The van der Waals surface area contributed by atoms with Gasteiger partial charge in [0.1, 0.15) is 0 Å². The molecule has 8 nitrogen and oxygen atoms in total. The third kappa shape index (κ3) is 4.63. The molecule has 2 aliphatic rings. The molecule has 2 aliphatic heterocycles. The Morgan fingerprint density at radius 3 is 2.67 bits per heavy atom. The largest absolute Gasteiger partial charge is 0.493 e. The van der Waals surface area contributed by atoms with Crippen molar-refractivity contribution in [3.8, 4) is 11.5 Å². The van der Waals surface area contributed by atoms with Crippen LogP contribution < -0.4 is 9.47 Å². The first-order valence-corrected chi connectivity index (χ1v) is 8.77. The minimum atomic E-state index is -3.10. The highest BCUT2D eigenvalue weighted by Gasteiger charge is 2.35. The molecular weight excluding hydrogens is 366 g/mol. The zero-order valence-corrected chi connectivity index (χ0v) is 14.9. The van der Waals surface area contributed by atoms with Gasteiger partial charge >= 0.3 is 6.61 Å². The van der Waals surface area contributed by atoms with Gasteiger partial charge in [0.15, 0.2) is 17.8 Å². The second kappa shape index (κ2) is 8.77. The molecule has 0 saturated carbocycles. The second-order valence-corrected chi connectivity index (χ2v) is 6.41. The van der Waals surface area contributed by atoms with Crippen LogP contribution in [-0.4, -0.2) is 55.6 Å². The van der Waals surface area contributed by atoms with Crippen molar-refractivity contribution in [3.63, 3.8) is 0 Å². The first-order chi connectivity index (χ1) is 13.0. The molecule has 2 fully saturated rings. The lowest BCUT2D eigenvalue weighted by Crippen LogP contribution is -2.46. The number of methoxy groups -OCH3 is 1. The molecule has 0 spiro atoms. The summed E-state index contributed by atoms with van der Waals surface area (Å²) < 4.78 is 45.9. The number of rotatable bonds is 7. The van der Waals surface area contributed by atoms with Crippen molar-refractivity contribution >= 4 is 5.69 Å². The highest BCUT2D eigenvalue weighted by Crippen LogP contribution is 2.37. The average Bonchev–Trinajstić information content (AvgIpc) is 3.17. The molecule has 1 unspecified atom stereocenters. The van der Waals surface area contributed by atoms with Gasteiger partial charge in [-0.25, -0.2) is 0 Å². The highest BCUT2D eigenvalue weighted by molar-refractivity contribution is 5.54. The Balaban J connectivity index is 1.88. The molecule has 2 heterocycles. The van der Waals surface area contributed by atoms with Crippen molar-refractivity contribution in [2.45, 2.75) is 44.8 Å². The van der Waals surface area contributed by atoms with E-state index in [1.54, 1.807) is 0 Å². The predicted octanol–water partition coefficient (Wildman–Crippen LogP) is 2.93. The summed E-state index contributed by atoms with van der Waals surface area (Å²) in [5.74, 6) is -0.335. The number of ether oxygens (including phenoxy) is 4. The Bertz CT molecular complexity index is 669. The Morgan fingerprint density at radius 2 is 2.04 bits per heavy atom. The Hall–Kier alpha value is -2.04. The normalized spacial score (nSPS) is 21.6. The molecule has 1 aromatic rings. The lowest BCUT2D eigenvalue weighted by molar-refractivity contribution is -0.385. The lowest BCUT2D eigenvalue weighted by Gasteiger charge is -2.37. The molecule has 0 aliphatic carbocycles. The molecule has 3 rings (SSSR count). The second-order valence-electron chi connectivity index (χ2n) is 6.41. The fourth-order valence-electron chi connectivity index (χ4n) is 3.57. The molecule has 27 heavy (non-hydrogen) atoms. The predicted molar refractivity (Wildman–Crippen MR) is 90.0 cm³/mol. The molecule has 0 bridgehead atoms. The maximum atomic E-state index is 12.6. The molecular formula is C17H22F2N2O6. The van der Waals surface area contributed by atoms with Crippen LogP contribution in [0.1, 0.15) is 24.8 Å². The number of likely N-dealkylation sites (tertiary alicyclic amines) is 1. The Morgan fingerprint density at radius 1 is 1.30 bits per heavy atom. The van der Waals surface area contributed by atoms with Gasteiger partial charge in [-0.05, 0) is 25.5 Å². The van der Waals surface area contributed by atoms with Gasteiger partial charge in [0.25, 0.3) is 5.69 Å². The van der Waals surface area contributed by atoms with Crippen molar-refractivity contribution in [2.75, 3.05) is 26.9 Å². The van der Waals surface area contributed by atoms with Gasteiger partial charge in [-0.2, -0.15) is 8.78 Å². The van der Waals surface area contributed by atoms with Crippen LogP contribution in [0.3, 0.4) is 0 Å². The minimum absolute atomic E-state index is 0.0103. The van der Waals surface area contributed by atoms with Crippen LogP contribution in [0.4, 0.5) is 14.5 Å². The summed E-state index contributed by atoms with van der Waals surface area (Å²) in [6, 6.07) is 2.36. The fourth-order valence-corrected chi connectivity index (χ4v) is 3.57. The number of halogens is 2. The van der Waals surface area contributed by atoms with Crippen LogP contribution in [-0.2, 0) is 16.0 Å². The highest BCUT2D eigenvalue weighted by atomic mass is 19.3. The summed E-state index contributed by atoms with van der Waals surface area (Å²) in [7, 11) is 1.30. The van der Waals surface area contributed by atoms with E-state index in [9.17, 15) is 18.9 Å². The van der Waals surface area contributed by atoms with E-state index in [1.807, 2.05) is 0 Å². The van der Waals surface area contributed by atoms with Gasteiger partial charge in [-0.1, -0.05) is 6.42 Å². The van der Waals surface area contributed by atoms with Crippen molar-refractivity contribution < 1.29 is 32.7 Å². The van der Waals surface area contributed by atoms with E-state index >= 15 is 0 Å². The monoisotopic (exact) mass is 388 g/mol. The first kappa shape index (κ1) is 19.7. The zero-order valence-electron chi connectivity index (χ0n) is 14.9. The quantitative estimate of drug-likeness (QED) is 0.525. The van der Waals surface area contributed by atoms with E-state index in [2.05, 4.69) is 9.64 Å². The molecule has 0 N–H and O–H groups in total. The fraction of sp³-hybridized carbons (Fsp3) is 0.647. The SMILES string of the molecule is COc1cc(CN2CCCCC2C2OCCO2)c([N+](=O)[O-])cc1OC(F)F. The van der Waals surface area contributed by atoms with Crippen LogP contribution >= 0.6 is 0 Å². The average molecular weight is 388 g/mol. The van der Waals surface area contributed by atoms with E-state index in [0.29, 0.717) is 18.8 Å². The summed E-state index contributed by atoms with van der Waals surface area (Å²) in [4.78, 5) is 13.0. The number of hydrogen-bond donors (Lipinski definition) is 0. The van der Waals surface area contributed by atoms with Crippen molar-refractivity contribution in [1.29, 1.82) is 0 Å². The molecule has 2 saturated heterocycles. The van der Waals surface area contributed by atoms with Crippen LogP contribution in [0.2, 0.25) is 0 Å². The number of nitrogens with zero attached hydrogens (tertiary/aromatic N) is 2. The van der Waals surface area contributed by atoms with E-state index in [4.69, 9.17) is 14.2 Å². The van der Waals surface area contributed by atoms with Crippen LogP contribution in [0.5, 0.6) is 11.5 Å². The Labute approximate surface area is 155 Å². The molecule has 1 aromatic carbocycles. The van der Waals surface area contributed by atoms with Gasteiger partial charge < -0.3 is 18.9 Å². The number of piperidine rings is 1. The molecule has 0 amide bonds. The molecule has 1 atom stereocenters. The summed E-state index contributed by atoms with van der Waals surface area (Å²) in [5, 5.41) is 11.5. The van der Waals surface area contributed by atoms with Gasteiger partial charge in [-0.15, -0.1) is 0 Å². The van der Waals surface area contributed by atoms with E-state index in [-0.39, 0.29) is 36.1 Å². The zero-order chi connectivity index (χ0) is 19.4. The molecule has 0 radical (unpaired) electrons. The summed E-state index contributed by atoms with van der Waals surface area (Å²) >= 11 is 0. The van der Waals surface area contributed by atoms with Gasteiger partial charge in [0.05, 0.1) is 37.4 Å². The maximum absolute atomic E-state index is 12.6. The molecule has 10 heteroatoms. The number of hydrogen-bond acceptors (Lipinski definition) is 7. The molecule has 0 aromatic heterocycles. The van der Waals surface area contributed by atoms with Gasteiger partial charge in [-0.3, -0.25) is 15.0 Å². The van der Waals surface area contributed by atoms with E-state index in [1.165, 1.54) is 13.2 Å². The topological polar surface area (TPSA) is 83.3 Å². The van der Waals surface area contributed by atoms with E-state index in [0.717, 1.165) is 31.9 Å². The maximum Gasteiger partial charge on any atom is 0.387 e. The van der Waals surface area contributed by atoms with E-state index < -0.39 is 11.5 Å². The number of nitro benzene ring substituents is 1. The molecule has 150 valence electrons. The number of benzene rings is 1. The van der Waals surface area contributed by atoms with Crippen molar-refractivity contribution in [2.24, 2.45) is 0 Å². The summed E-state index contributed by atoms with van der Waals surface area (Å²) in [5.41, 5.74) is 0.0763. The number of nitro groups is 1.